The Morgan fingerprint density at radius 2 is 2.00 bits per heavy atom. The fourth-order valence-corrected chi connectivity index (χ4v) is 2.49. The Labute approximate surface area is 129 Å². The van der Waals surface area contributed by atoms with E-state index in [0.717, 1.165) is 0 Å². The lowest BCUT2D eigenvalue weighted by Crippen LogP contribution is -2.14. The van der Waals surface area contributed by atoms with Gasteiger partial charge in [0.25, 0.3) is 0 Å². The summed E-state index contributed by atoms with van der Waals surface area (Å²) in [5.74, 6) is -1.19. The molecule has 2 aromatic carbocycles. The van der Waals surface area contributed by atoms with Crippen LogP contribution in [0.1, 0.15) is 0 Å². The SMILES string of the molecule is Nc1cc(F)ccc1SCC(=O)Nc1ccc(F)c(Cl)c1. The highest BCUT2D eigenvalue weighted by Gasteiger charge is 2.08. The van der Waals surface area contributed by atoms with Gasteiger partial charge >= 0.3 is 0 Å². The Kier molecular flexibility index (Phi) is 5.03. The molecule has 0 radical (unpaired) electrons. The van der Waals surface area contributed by atoms with Crippen molar-refractivity contribution in [3.63, 3.8) is 0 Å². The van der Waals surface area contributed by atoms with E-state index in [2.05, 4.69) is 5.32 Å². The zero-order chi connectivity index (χ0) is 15.4. The van der Waals surface area contributed by atoms with Gasteiger partial charge in [-0.3, -0.25) is 4.79 Å². The van der Waals surface area contributed by atoms with Gasteiger partial charge in [-0.1, -0.05) is 11.6 Å². The quantitative estimate of drug-likeness (QED) is 0.660. The van der Waals surface area contributed by atoms with Gasteiger partial charge in [0.15, 0.2) is 0 Å². The lowest BCUT2D eigenvalue weighted by atomic mass is 10.3. The van der Waals surface area contributed by atoms with Crippen LogP contribution in [0.5, 0.6) is 0 Å². The van der Waals surface area contributed by atoms with E-state index < -0.39 is 11.6 Å². The number of carbonyl (C=O) groups is 1. The van der Waals surface area contributed by atoms with Crippen LogP contribution in [0.2, 0.25) is 5.02 Å². The van der Waals surface area contributed by atoms with Crippen LogP contribution in [0.25, 0.3) is 0 Å². The van der Waals surface area contributed by atoms with Gasteiger partial charge in [0.2, 0.25) is 5.91 Å². The highest BCUT2D eigenvalue weighted by Crippen LogP contribution is 2.26. The Balaban J connectivity index is 1.94. The minimum atomic E-state index is -0.553. The zero-order valence-corrected chi connectivity index (χ0v) is 12.3. The van der Waals surface area contributed by atoms with E-state index in [9.17, 15) is 13.6 Å². The van der Waals surface area contributed by atoms with Crippen LogP contribution in [0.3, 0.4) is 0 Å². The van der Waals surface area contributed by atoms with E-state index in [-0.39, 0.29) is 22.4 Å². The molecule has 3 nitrogen and oxygen atoms in total. The number of hydrogen-bond acceptors (Lipinski definition) is 3. The fraction of sp³-hybridized carbons (Fsp3) is 0.0714. The zero-order valence-electron chi connectivity index (χ0n) is 10.7. The van der Waals surface area contributed by atoms with Gasteiger partial charge < -0.3 is 11.1 Å². The summed E-state index contributed by atoms with van der Waals surface area (Å²) in [4.78, 5) is 12.4. The molecule has 0 heterocycles. The van der Waals surface area contributed by atoms with Crippen LogP contribution in [0, 0.1) is 11.6 Å². The van der Waals surface area contributed by atoms with Crippen molar-refractivity contribution >= 4 is 40.6 Å². The first kappa shape index (κ1) is 15.6. The third kappa shape index (κ3) is 4.34. The number of anilines is 2. The Bertz CT molecular complexity index is 682. The summed E-state index contributed by atoms with van der Waals surface area (Å²) < 4.78 is 25.9. The molecule has 0 aliphatic heterocycles. The van der Waals surface area contributed by atoms with Gasteiger partial charge in [-0.05, 0) is 36.4 Å². The summed E-state index contributed by atoms with van der Waals surface area (Å²) >= 11 is 6.80. The first-order valence-corrected chi connectivity index (χ1v) is 7.25. The predicted octanol–water partition coefficient (Wildman–Crippen LogP) is 3.93. The van der Waals surface area contributed by atoms with Crippen molar-refractivity contribution in [3.05, 3.63) is 53.1 Å². The number of hydrogen-bond donors (Lipinski definition) is 2. The standard InChI is InChI=1S/C14H11ClF2N2OS/c15-10-6-9(2-3-11(10)17)19-14(20)7-21-13-4-1-8(16)5-12(13)18/h1-6H,7,18H2,(H,19,20). The van der Waals surface area contributed by atoms with Gasteiger partial charge in [0.1, 0.15) is 11.6 Å². The maximum atomic E-state index is 13.0. The van der Waals surface area contributed by atoms with Crippen LogP contribution in [0.4, 0.5) is 20.2 Å². The molecule has 0 spiro atoms. The second kappa shape index (κ2) is 6.78. The summed E-state index contributed by atoms with van der Waals surface area (Å²) in [6.07, 6.45) is 0. The molecule has 0 aliphatic rings. The molecular formula is C14H11ClF2N2OS. The normalized spacial score (nSPS) is 10.4. The van der Waals surface area contributed by atoms with Crippen molar-refractivity contribution < 1.29 is 13.6 Å². The smallest absolute Gasteiger partial charge is 0.234 e. The lowest BCUT2D eigenvalue weighted by molar-refractivity contribution is -0.113. The molecule has 3 N–H and O–H groups in total. The molecule has 2 rings (SSSR count). The molecule has 0 saturated heterocycles. The maximum absolute atomic E-state index is 13.0. The molecule has 0 aromatic heterocycles. The Morgan fingerprint density at radius 3 is 2.67 bits per heavy atom. The molecule has 21 heavy (non-hydrogen) atoms. The maximum Gasteiger partial charge on any atom is 0.234 e. The number of amides is 1. The lowest BCUT2D eigenvalue weighted by Gasteiger charge is -2.07. The molecule has 1 amide bonds. The average Bonchev–Trinajstić information content (AvgIpc) is 2.42. The number of benzene rings is 2. The highest BCUT2D eigenvalue weighted by atomic mass is 35.5. The molecular weight excluding hydrogens is 318 g/mol. The van der Waals surface area contributed by atoms with Crippen LogP contribution >= 0.6 is 23.4 Å². The number of halogens is 3. The van der Waals surface area contributed by atoms with Crippen LogP contribution in [-0.2, 0) is 4.79 Å². The largest absolute Gasteiger partial charge is 0.398 e. The van der Waals surface area contributed by atoms with Crippen molar-refractivity contribution in [3.8, 4) is 0 Å². The molecule has 0 saturated carbocycles. The summed E-state index contributed by atoms with van der Waals surface area (Å²) in [5.41, 5.74) is 6.32. The number of nitrogen functional groups attached to an aromatic ring is 1. The topological polar surface area (TPSA) is 55.1 Å². The third-order valence-corrected chi connectivity index (χ3v) is 3.91. The number of rotatable bonds is 4. The van der Waals surface area contributed by atoms with Crippen LogP contribution < -0.4 is 11.1 Å². The predicted molar refractivity (Wildman–Crippen MR) is 81.6 cm³/mol. The Hall–Kier alpha value is -1.79. The van der Waals surface area contributed by atoms with E-state index in [4.69, 9.17) is 17.3 Å². The summed E-state index contributed by atoms with van der Waals surface area (Å²) in [6, 6.07) is 7.89. The number of nitrogens with one attached hydrogen (secondary N) is 1. The third-order valence-electron chi connectivity index (χ3n) is 2.53. The van der Waals surface area contributed by atoms with Gasteiger partial charge in [-0.25, -0.2) is 8.78 Å². The van der Waals surface area contributed by atoms with E-state index in [1.807, 2.05) is 0 Å². The van der Waals surface area contributed by atoms with Crippen molar-refractivity contribution in [2.45, 2.75) is 4.90 Å². The first-order valence-electron chi connectivity index (χ1n) is 5.88. The molecule has 0 atom stereocenters. The summed E-state index contributed by atoms with van der Waals surface area (Å²) in [6.45, 7) is 0. The minimum Gasteiger partial charge on any atom is -0.398 e. The van der Waals surface area contributed by atoms with Gasteiger partial charge in [0.05, 0.1) is 10.8 Å². The van der Waals surface area contributed by atoms with Crippen molar-refractivity contribution in [1.29, 1.82) is 0 Å². The van der Waals surface area contributed by atoms with E-state index in [1.54, 1.807) is 0 Å². The molecule has 0 aliphatic carbocycles. The highest BCUT2D eigenvalue weighted by molar-refractivity contribution is 8.00. The van der Waals surface area contributed by atoms with Gasteiger partial charge in [0, 0.05) is 16.3 Å². The second-order valence-corrected chi connectivity index (χ2v) is 5.57. The molecule has 7 heteroatoms. The number of nitrogens with two attached hydrogens (primary N) is 1. The van der Waals surface area contributed by atoms with Crippen molar-refractivity contribution in [2.24, 2.45) is 0 Å². The molecule has 0 bridgehead atoms. The first-order chi connectivity index (χ1) is 9.95. The number of carbonyl (C=O) groups excluding carboxylic acids is 1. The Morgan fingerprint density at radius 1 is 1.24 bits per heavy atom. The minimum absolute atomic E-state index is 0.0665. The van der Waals surface area contributed by atoms with Gasteiger partial charge in [-0.15, -0.1) is 11.8 Å². The van der Waals surface area contributed by atoms with E-state index >= 15 is 0 Å². The molecule has 2 aromatic rings. The summed E-state index contributed by atoms with van der Waals surface area (Å²) in [7, 11) is 0. The van der Waals surface area contributed by atoms with Crippen LogP contribution in [-0.4, -0.2) is 11.7 Å². The number of thioether (sulfide) groups is 1. The van der Waals surface area contributed by atoms with E-state index in [1.165, 1.54) is 48.2 Å². The average molecular weight is 329 g/mol. The van der Waals surface area contributed by atoms with Gasteiger partial charge in [-0.2, -0.15) is 0 Å². The molecule has 0 unspecified atom stereocenters. The second-order valence-electron chi connectivity index (χ2n) is 4.15. The van der Waals surface area contributed by atoms with Crippen molar-refractivity contribution in [2.75, 3.05) is 16.8 Å². The summed E-state index contributed by atoms with van der Waals surface area (Å²) in [5, 5.41) is 2.52. The van der Waals surface area contributed by atoms with Crippen molar-refractivity contribution in [1.82, 2.24) is 0 Å². The van der Waals surface area contributed by atoms with Crippen LogP contribution in [0.15, 0.2) is 41.3 Å². The molecule has 0 fully saturated rings. The fourth-order valence-electron chi connectivity index (χ4n) is 1.57. The monoisotopic (exact) mass is 328 g/mol. The van der Waals surface area contributed by atoms with E-state index in [0.29, 0.717) is 10.6 Å². The molecule has 110 valence electrons.